The molecule has 1 rings (SSSR count). The van der Waals surface area contributed by atoms with Crippen molar-refractivity contribution in [3.8, 4) is 0 Å². The zero-order valence-electron chi connectivity index (χ0n) is 14.0. The molecule has 0 radical (unpaired) electrons. The molecule has 0 aliphatic rings. The van der Waals surface area contributed by atoms with Crippen LogP contribution in [0.15, 0.2) is 18.2 Å². The fraction of sp³-hybridized carbons (Fsp3) is 0.467. The first-order valence-corrected chi connectivity index (χ1v) is 7.14. The molecular formula is C15H22N4O4. The van der Waals surface area contributed by atoms with E-state index in [1.807, 2.05) is 0 Å². The Bertz CT molecular complexity index is 613. The molecule has 23 heavy (non-hydrogen) atoms. The summed E-state index contributed by atoms with van der Waals surface area (Å²) in [5, 5.41) is 14.0. The molecule has 1 aromatic rings. The standard InChI is InChI=1S/C15H22N4O4/c1-10(2)16-15(21)11-6-7-12(13(8-11)19(22)23)18(5)9-14(20)17(3)4/h6-8,10H,9H2,1-5H3,(H,16,21). The molecular weight excluding hydrogens is 300 g/mol. The topological polar surface area (TPSA) is 95.8 Å². The van der Waals surface area contributed by atoms with E-state index >= 15 is 0 Å². The lowest BCUT2D eigenvalue weighted by Crippen LogP contribution is -2.34. The number of amides is 2. The van der Waals surface area contributed by atoms with Gasteiger partial charge in [0.05, 0.1) is 11.5 Å². The Morgan fingerprint density at radius 1 is 1.26 bits per heavy atom. The van der Waals surface area contributed by atoms with Crippen molar-refractivity contribution in [3.05, 3.63) is 33.9 Å². The molecule has 0 bridgehead atoms. The van der Waals surface area contributed by atoms with E-state index in [1.54, 1.807) is 35.0 Å². The molecule has 0 saturated carbocycles. The molecule has 8 heteroatoms. The van der Waals surface area contributed by atoms with E-state index in [1.165, 1.54) is 28.0 Å². The lowest BCUT2D eigenvalue weighted by atomic mass is 10.1. The molecule has 2 amide bonds. The van der Waals surface area contributed by atoms with E-state index in [9.17, 15) is 19.7 Å². The number of rotatable bonds is 6. The van der Waals surface area contributed by atoms with E-state index in [0.717, 1.165) is 0 Å². The molecule has 0 unspecified atom stereocenters. The van der Waals surface area contributed by atoms with Gasteiger partial charge in [0.15, 0.2) is 0 Å². The highest BCUT2D eigenvalue weighted by Crippen LogP contribution is 2.28. The van der Waals surface area contributed by atoms with Gasteiger partial charge in [0.1, 0.15) is 5.69 Å². The second kappa shape index (κ2) is 7.57. The average molecular weight is 322 g/mol. The highest BCUT2D eigenvalue weighted by molar-refractivity contribution is 5.96. The maximum Gasteiger partial charge on any atom is 0.293 e. The summed E-state index contributed by atoms with van der Waals surface area (Å²) in [4.78, 5) is 37.4. The molecule has 1 aromatic carbocycles. The quantitative estimate of drug-likeness (QED) is 0.628. The second-order valence-electron chi connectivity index (χ2n) is 5.73. The number of likely N-dealkylation sites (N-methyl/N-ethyl adjacent to an activating group) is 2. The smallest absolute Gasteiger partial charge is 0.293 e. The molecule has 1 N–H and O–H groups in total. The van der Waals surface area contributed by atoms with Gasteiger partial charge in [-0.15, -0.1) is 0 Å². The zero-order chi connectivity index (χ0) is 17.7. The molecule has 0 aliphatic carbocycles. The summed E-state index contributed by atoms with van der Waals surface area (Å²) in [5.41, 5.74) is 0.281. The van der Waals surface area contributed by atoms with Crippen molar-refractivity contribution in [2.45, 2.75) is 19.9 Å². The van der Waals surface area contributed by atoms with Gasteiger partial charge in [-0.3, -0.25) is 19.7 Å². The SMILES string of the molecule is CC(C)NC(=O)c1ccc(N(C)CC(=O)N(C)C)c([N+](=O)[O-])c1. The Labute approximate surface area is 135 Å². The number of carbonyl (C=O) groups is 2. The molecule has 126 valence electrons. The number of hydrogen-bond donors (Lipinski definition) is 1. The number of anilines is 1. The molecule has 0 heterocycles. The van der Waals surface area contributed by atoms with Crippen molar-refractivity contribution in [1.82, 2.24) is 10.2 Å². The fourth-order valence-electron chi connectivity index (χ4n) is 1.91. The fourth-order valence-corrected chi connectivity index (χ4v) is 1.91. The van der Waals surface area contributed by atoms with Crippen LogP contribution in [0, 0.1) is 10.1 Å². The van der Waals surface area contributed by atoms with Crippen molar-refractivity contribution in [2.75, 3.05) is 32.6 Å². The van der Waals surface area contributed by atoms with E-state index < -0.39 is 4.92 Å². The van der Waals surface area contributed by atoms with Crippen LogP contribution in [0.3, 0.4) is 0 Å². The number of hydrogen-bond acceptors (Lipinski definition) is 5. The molecule has 0 spiro atoms. The monoisotopic (exact) mass is 322 g/mol. The van der Waals surface area contributed by atoms with Gasteiger partial charge in [-0.25, -0.2) is 0 Å². The molecule has 8 nitrogen and oxygen atoms in total. The van der Waals surface area contributed by atoms with Crippen LogP contribution < -0.4 is 10.2 Å². The zero-order valence-corrected chi connectivity index (χ0v) is 14.0. The van der Waals surface area contributed by atoms with Crippen molar-refractivity contribution in [3.63, 3.8) is 0 Å². The van der Waals surface area contributed by atoms with Crippen LogP contribution in [-0.4, -0.2) is 55.4 Å². The third-order valence-electron chi connectivity index (χ3n) is 3.14. The molecule has 0 atom stereocenters. The summed E-state index contributed by atoms with van der Waals surface area (Å²) in [7, 11) is 4.82. The number of nitrogens with one attached hydrogen (secondary N) is 1. The molecule has 0 aromatic heterocycles. The molecule has 0 aliphatic heterocycles. The third-order valence-corrected chi connectivity index (χ3v) is 3.14. The number of nitro groups is 1. The minimum Gasteiger partial charge on any atom is -0.360 e. The van der Waals surface area contributed by atoms with Gasteiger partial charge in [-0.1, -0.05) is 0 Å². The van der Waals surface area contributed by atoms with Gasteiger partial charge in [-0.05, 0) is 26.0 Å². The number of nitro benzene ring substituents is 1. The van der Waals surface area contributed by atoms with Crippen LogP contribution >= 0.6 is 0 Å². The summed E-state index contributed by atoms with van der Waals surface area (Å²) in [6.07, 6.45) is 0. The van der Waals surface area contributed by atoms with Crippen molar-refractivity contribution < 1.29 is 14.5 Å². The predicted octanol–water partition coefficient (Wildman–Crippen LogP) is 1.26. The summed E-state index contributed by atoms with van der Waals surface area (Å²) in [6, 6.07) is 4.15. The number of benzene rings is 1. The van der Waals surface area contributed by atoms with Gasteiger partial charge in [0.25, 0.3) is 11.6 Å². The predicted molar refractivity (Wildman–Crippen MR) is 87.7 cm³/mol. The summed E-state index contributed by atoms with van der Waals surface area (Å²) in [6.45, 7) is 3.62. The lowest BCUT2D eigenvalue weighted by Gasteiger charge is -2.21. The molecule has 0 saturated heterocycles. The van der Waals surface area contributed by atoms with Crippen LogP contribution in [0.2, 0.25) is 0 Å². The van der Waals surface area contributed by atoms with Crippen molar-refractivity contribution >= 4 is 23.2 Å². The Hall–Kier alpha value is -2.64. The normalized spacial score (nSPS) is 10.3. The largest absolute Gasteiger partial charge is 0.360 e. The van der Waals surface area contributed by atoms with Crippen LogP contribution in [0.25, 0.3) is 0 Å². The number of carbonyl (C=O) groups excluding carboxylic acids is 2. The van der Waals surface area contributed by atoms with Crippen LogP contribution in [0.4, 0.5) is 11.4 Å². The number of nitrogens with zero attached hydrogens (tertiary/aromatic N) is 3. The third kappa shape index (κ3) is 4.94. The van der Waals surface area contributed by atoms with Gasteiger partial charge in [0.2, 0.25) is 5.91 Å². The van der Waals surface area contributed by atoms with Crippen LogP contribution in [0.5, 0.6) is 0 Å². The van der Waals surface area contributed by atoms with Crippen molar-refractivity contribution in [1.29, 1.82) is 0 Å². The van der Waals surface area contributed by atoms with Gasteiger partial charge in [-0.2, -0.15) is 0 Å². The van der Waals surface area contributed by atoms with Crippen LogP contribution in [-0.2, 0) is 4.79 Å². The lowest BCUT2D eigenvalue weighted by molar-refractivity contribution is -0.384. The Balaban J connectivity index is 3.12. The summed E-state index contributed by atoms with van der Waals surface area (Å²) >= 11 is 0. The van der Waals surface area contributed by atoms with E-state index in [4.69, 9.17) is 0 Å². The van der Waals surface area contributed by atoms with E-state index in [2.05, 4.69) is 5.32 Å². The second-order valence-corrected chi connectivity index (χ2v) is 5.73. The highest BCUT2D eigenvalue weighted by atomic mass is 16.6. The maximum atomic E-state index is 12.0. The Kier molecular flexibility index (Phi) is 6.06. The summed E-state index contributed by atoms with van der Waals surface area (Å²) < 4.78 is 0. The van der Waals surface area contributed by atoms with Gasteiger partial charge < -0.3 is 15.1 Å². The Morgan fingerprint density at radius 3 is 2.35 bits per heavy atom. The van der Waals surface area contributed by atoms with E-state index in [0.29, 0.717) is 0 Å². The first kappa shape index (κ1) is 18.4. The first-order chi connectivity index (χ1) is 10.6. The van der Waals surface area contributed by atoms with Crippen LogP contribution in [0.1, 0.15) is 24.2 Å². The highest BCUT2D eigenvalue weighted by Gasteiger charge is 2.22. The first-order valence-electron chi connectivity index (χ1n) is 7.14. The average Bonchev–Trinajstić information content (AvgIpc) is 2.45. The van der Waals surface area contributed by atoms with Gasteiger partial charge in [0, 0.05) is 38.8 Å². The minimum absolute atomic E-state index is 0.00533. The Morgan fingerprint density at radius 2 is 1.87 bits per heavy atom. The maximum absolute atomic E-state index is 12.0. The molecule has 0 fully saturated rings. The summed E-state index contributed by atoms with van der Waals surface area (Å²) in [5.74, 6) is -0.551. The van der Waals surface area contributed by atoms with Gasteiger partial charge >= 0.3 is 0 Å². The minimum atomic E-state index is -0.557. The van der Waals surface area contributed by atoms with E-state index in [-0.39, 0.29) is 41.3 Å². The van der Waals surface area contributed by atoms with Crippen molar-refractivity contribution in [2.24, 2.45) is 0 Å².